The van der Waals surface area contributed by atoms with Gasteiger partial charge in [-0.05, 0) is 50.5 Å². The largest absolute Gasteiger partial charge is 0.444 e. The summed E-state index contributed by atoms with van der Waals surface area (Å²) in [4.78, 5) is 28.8. The highest BCUT2D eigenvalue weighted by molar-refractivity contribution is 8.02. The molecule has 200 valence electrons. The maximum Gasteiger partial charge on any atom is 0.410 e. The molecule has 0 aromatic carbocycles. The standard InChI is InChI=1S/C28H30N8O2S/c1-28(2,3)38-27(37)35-10-6-8-19(15-35)21-16-36-23(20-12-31-34(4)14-20)13-30-26(36)25(32-21)33-24-11-18-7-5-9-29-22(18)17-39-24/h5,7-9,11-14,16H,6,10,15,17H2,1-4H3,(H,32,33). The molecule has 0 fully saturated rings. The number of carbonyl (C=O) groups excluding carboxylic acids is 1. The van der Waals surface area contributed by atoms with E-state index in [9.17, 15) is 4.79 Å². The van der Waals surface area contributed by atoms with Crippen molar-refractivity contribution in [3.05, 3.63) is 71.2 Å². The zero-order valence-corrected chi connectivity index (χ0v) is 23.2. The number of imidazole rings is 1. The molecule has 0 spiro atoms. The number of nitrogens with one attached hydrogen (secondary N) is 1. The van der Waals surface area contributed by atoms with Gasteiger partial charge in [0.15, 0.2) is 11.5 Å². The Balaban J connectivity index is 1.39. The van der Waals surface area contributed by atoms with Crippen LogP contribution < -0.4 is 5.32 Å². The average Bonchev–Trinajstić information content (AvgIpc) is 3.54. The Morgan fingerprint density at radius 1 is 1.18 bits per heavy atom. The molecular weight excluding hydrogens is 512 g/mol. The molecule has 2 aliphatic rings. The Hall–Kier alpha value is -4.12. The van der Waals surface area contributed by atoms with Gasteiger partial charge in [-0.3, -0.25) is 14.1 Å². The third-order valence-corrected chi connectivity index (χ3v) is 7.39. The van der Waals surface area contributed by atoms with Crippen LogP contribution in [0.4, 0.5) is 10.6 Å². The number of aryl methyl sites for hydroxylation is 1. The first-order chi connectivity index (χ1) is 18.7. The highest BCUT2D eigenvalue weighted by atomic mass is 32.2. The molecule has 0 bridgehead atoms. The van der Waals surface area contributed by atoms with Crippen LogP contribution in [0.1, 0.15) is 44.1 Å². The van der Waals surface area contributed by atoms with E-state index in [0.29, 0.717) is 24.6 Å². The second kappa shape index (κ2) is 9.88. The van der Waals surface area contributed by atoms with Crippen LogP contribution in [0.3, 0.4) is 0 Å². The van der Waals surface area contributed by atoms with Crippen LogP contribution in [0, 0.1) is 0 Å². The third-order valence-electron chi connectivity index (χ3n) is 6.44. The minimum Gasteiger partial charge on any atom is -0.444 e. The fourth-order valence-electron chi connectivity index (χ4n) is 4.63. The molecule has 0 saturated heterocycles. The Morgan fingerprint density at radius 3 is 2.85 bits per heavy atom. The Labute approximate surface area is 230 Å². The van der Waals surface area contributed by atoms with Crippen molar-refractivity contribution in [2.24, 2.45) is 7.05 Å². The van der Waals surface area contributed by atoms with Crippen molar-refractivity contribution in [1.29, 1.82) is 0 Å². The summed E-state index contributed by atoms with van der Waals surface area (Å²) in [6, 6.07) is 4.01. The lowest BCUT2D eigenvalue weighted by atomic mass is 10.1. The van der Waals surface area contributed by atoms with Gasteiger partial charge in [0.25, 0.3) is 0 Å². The Kier molecular flexibility index (Phi) is 6.38. The minimum atomic E-state index is -0.554. The third kappa shape index (κ3) is 5.26. The number of aromatic nitrogens is 6. The summed E-state index contributed by atoms with van der Waals surface area (Å²) in [5, 5.41) is 8.85. The van der Waals surface area contributed by atoms with Crippen molar-refractivity contribution in [2.75, 3.05) is 18.4 Å². The van der Waals surface area contributed by atoms with E-state index in [-0.39, 0.29) is 6.09 Å². The molecular formula is C28H30N8O2S. The number of pyridine rings is 1. The van der Waals surface area contributed by atoms with Gasteiger partial charge in [0.2, 0.25) is 0 Å². The number of amides is 1. The molecule has 39 heavy (non-hydrogen) atoms. The number of rotatable bonds is 4. The summed E-state index contributed by atoms with van der Waals surface area (Å²) in [5.74, 6) is 1.42. The molecule has 4 aromatic heterocycles. The first-order valence-corrected chi connectivity index (χ1v) is 13.8. The van der Waals surface area contributed by atoms with Crippen molar-refractivity contribution in [2.45, 2.75) is 38.5 Å². The maximum atomic E-state index is 12.8. The summed E-state index contributed by atoms with van der Waals surface area (Å²) in [7, 11) is 1.89. The van der Waals surface area contributed by atoms with Gasteiger partial charge < -0.3 is 15.0 Å². The van der Waals surface area contributed by atoms with Gasteiger partial charge in [-0.15, -0.1) is 11.8 Å². The molecule has 6 rings (SSSR count). The summed E-state index contributed by atoms with van der Waals surface area (Å²) in [5.41, 5.74) is 5.89. The molecule has 6 heterocycles. The SMILES string of the molecule is Cn1cc(-c2cnc3c(NC4=Cc5cccnc5CS4)nc(C4=CCCN(C(=O)OC(C)(C)C)C4)cn23)cn1. The van der Waals surface area contributed by atoms with Crippen LogP contribution in [0.2, 0.25) is 0 Å². The van der Waals surface area contributed by atoms with E-state index < -0.39 is 5.60 Å². The van der Waals surface area contributed by atoms with Gasteiger partial charge in [0, 0.05) is 43.5 Å². The van der Waals surface area contributed by atoms with Gasteiger partial charge >= 0.3 is 6.09 Å². The maximum absolute atomic E-state index is 12.8. The number of anilines is 1. The molecule has 1 N–H and O–H groups in total. The van der Waals surface area contributed by atoms with Gasteiger partial charge in [-0.1, -0.05) is 12.1 Å². The smallest absolute Gasteiger partial charge is 0.410 e. The summed E-state index contributed by atoms with van der Waals surface area (Å²) < 4.78 is 9.45. The zero-order valence-electron chi connectivity index (χ0n) is 22.4. The number of nitrogens with zero attached hydrogens (tertiary/aromatic N) is 7. The topological polar surface area (TPSA) is 102 Å². The van der Waals surface area contributed by atoms with Gasteiger partial charge in [-0.25, -0.2) is 14.8 Å². The van der Waals surface area contributed by atoms with E-state index in [1.54, 1.807) is 21.3 Å². The Morgan fingerprint density at radius 2 is 2.05 bits per heavy atom. The Bertz CT molecular complexity index is 1630. The molecule has 0 unspecified atom stereocenters. The predicted molar refractivity (Wildman–Crippen MR) is 153 cm³/mol. The molecule has 1 amide bonds. The second-order valence-electron chi connectivity index (χ2n) is 10.6. The number of hydrogen-bond acceptors (Lipinski definition) is 8. The number of carbonyl (C=O) groups is 1. The van der Waals surface area contributed by atoms with Crippen molar-refractivity contribution in [3.8, 4) is 11.3 Å². The first kappa shape index (κ1) is 25.2. The highest BCUT2D eigenvalue weighted by Crippen LogP contribution is 2.34. The van der Waals surface area contributed by atoms with E-state index in [1.807, 2.05) is 69.3 Å². The number of hydrogen-bond donors (Lipinski definition) is 1. The monoisotopic (exact) mass is 542 g/mol. The fourth-order valence-corrected chi connectivity index (χ4v) is 5.54. The summed E-state index contributed by atoms with van der Waals surface area (Å²) in [6.07, 6.45) is 14.1. The fraction of sp³-hybridized carbons (Fsp3) is 0.321. The molecule has 4 aromatic rings. The number of thioether (sulfide) groups is 1. The average molecular weight is 543 g/mol. The number of fused-ring (bicyclic) bond motifs is 2. The van der Waals surface area contributed by atoms with Crippen LogP contribution in [0.15, 0.2) is 54.2 Å². The lowest BCUT2D eigenvalue weighted by Gasteiger charge is -2.30. The van der Waals surface area contributed by atoms with Crippen molar-refractivity contribution in [3.63, 3.8) is 0 Å². The lowest BCUT2D eigenvalue weighted by molar-refractivity contribution is 0.0273. The van der Waals surface area contributed by atoms with Crippen molar-refractivity contribution in [1.82, 2.24) is 34.0 Å². The van der Waals surface area contributed by atoms with Crippen LogP contribution in [0.5, 0.6) is 0 Å². The quantitative estimate of drug-likeness (QED) is 0.375. The van der Waals surface area contributed by atoms with E-state index in [2.05, 4.69) is 33.6 Å². The van der Waals surface area contributed by atoms with Gasteiger partial charge in [-0.2, -0.15) is 5.10 Å². The molecule has 0 radical (unpaired) electrons. The molecule has 2 aliphatic heterocycles. The zero-order chi connectivity index (χ0) is 27.1. The van der Waals surface area contributed by atoms with Crippen LogP contribution >= 0.6 is 11.8 Å². The lowest BCUT2D eigenvalue weighted by Crippen LogP contribution is -2.39. The van der Waals surface area contributed by atoms with E-state index in [4.69, 9.17) is 14.7 Å². The number of ether oxygens (including phenoxy) is 1. The first-order valence-electron chi connectivity index (χ1n) is 12.8. The molecule has 11 heteroatoms. The van der Waals surface area contributed by atoms with Crippen LogP contribution in [0.25, 0.3) is 28.6 Å². The van der Waals surface area contributed by atoms with Crippen LogP contribution in [-0.4, -0.2) is 58.8 Å². The predicted octanol–water partition coefficient (Wildman–Crippen LogP) is 5.21. The van der Waals surface area contributed by atoms with Crippen molar-refractivity contribution >= 4 is 41.0 Å². The van der Waals surface area contributed by atoms with E-state index in [0.717, 1.165) is 51.0 Å². The summed E-state index contributed by atoms with van der Waals surface area (Å²) in [6.45, 7) is 6.66. The highest BCUT2D eigenvalue weighted by Gasteiger charge is 2.26. The van der Waals surface area contributed by atoms with Gasteiger partial charge in [0.05, 0.1) is 41.0 Å². The summed E-state index contributed by atoms with van der Waals surface area (Å²) >= 11 is 1.68. The second-order valence-corrected chi connectivity index (χ2v) is 11.6. The van der Waals surface area contributed by atoms with Crippen LogP contribution in [-0.2, 0) is 17.5 Å². The molecule has 10 nitrogen and oxygen atoms in total. The van der Waals surface area contributed by atoms with Crippen molar-refractivity contribution < 1.29 is 9.53 Å². The van der Waals surface area contributed by atoms with E-state index >= 15 is 0 Å². The molecule has 0 saturated carbocycles. The van der Waals surface area contributed by atoms with E-state index in [1.165, 1.54) is 0 Å². The molecule has 0 aliphatic carbocycles. The minimum absolute atomic E-state index is 0.317. The molecule has 0 atom stereocenters. The normalized spacial score (nSPS) is 15.5. The van der Waals surface area contributed by atoms with Gasteiger partial charge in [0.1, 0.15) is 5.60 Å².